The van der Waals surface area contributed by atoms with Crippen LogP contribution in [0.15, 0.2) is 12.2 Å². The van der Waals surface area contributed by atoms with Gasteiger partial charge in [-0.05, 0) is 19.3 Å². The summed E-state index contributed by atoms with van der Waals surface area (Å²) in [7, 11) is 0. The molecule has 0 spiro atoms. The molecule has 0 aromatic carbocycles. The van der Waals surface area contributed by atoms with E-state index in [2.05, 4.69) is 19.2 Å². The van der Waals surface area contributed by atoms with E-state index in [0.29, 0.717) is 6.42 Å². The van der Waals surface area contributed by atoms with Crippen LogP contribution in [-0.2, 0) is 14.3 Å². The van der Waals surface area contributed by atoms with E-state index in [1.165, 1.54) is 225 Å². The van der Waals surface area contributed by atoms with E-state index in [-0.39, 0.29) is 6.61 Å². The SMILES string of the molecule is CCCCCCCCCCCCCCCCC/C=C/C(O)C(COC1OC(CO)C(O)C(O)C1O)NC(=O)C(O)CCCCCCCCCCCCCCCCCCCCCCCCCCCC. The number of unbranched alkanes of at least 4 members (excludes halogenated alkanes) is 40. The zero-order chi connectivity index (χ0) is 49.6. The molecule has 0 saturated carbocycles. The zero-order valence-corrected chi connectivity index (χ0v) is 44.5. The van der Waals surface area contributed by atoms with Crippen LogP contribution in [0.2, 0.25) is 0 Å². The Balaban J connectivity index is 2.23. The monoisotopic (exact) mass is 968 g/mol. The molecule has 0 radical (unpaired) electrons. The summed E-state index contributed by atoms with van der Waals surface area (Å²) < 4.78 is 11.2. The van der Waals surface area contributed by atoms with Crippen LogP contribution in [0.4, 0.5) is 0 Å². The lowest BCUT2D eigenvalue weighted by molar-refractivity contribution is -0.302. The van der Waals surface area contributed by atoms with Gasteiger partial charge in [0.2, 0.25) is 5.91 Å². The average molecular weight is 969 g/mol. The predicted molar refractivity (Wildman–Crippen MR) is 283 cm³/mol. The van der Waals surface area contributed by atoms with Crippen molar-refractivity contribution in [3.05, 3.63) is 12.2 Å². The van der Waals surface area contributed by atoms with Gasteiger partial charge in [0.25, 0.3) is 0 Å². The summed E-state index contributed by atoms with van der Waals surface area (Å²) in [6.07, 6.45) is 48.9. The second-order valence-electron chi connectivity index (χ2n) is 20.9. The third-order valence-corrected chi connectivity index (χ3v) is 14.5. The molecule has 7 N–H and O–H groups in total. The molecule has 1 amide bonds. The number of hydrogen-bond acceptors (Lipinski definition) is 9. The van der Waals surface area contributed by atoms with Crippen molar-refractivity contribution in [1.29, 1.82) is 0 Å². The molecule has 8 unspecified atom stereocenters. The molecule has 8 atom stereocenters. The summed E-state index contributed by atoms with van der Waals surface area (Å²) in [6, 6.07) is -0.976. The van der Waals surface area contributed by atoms with Crippen LogP contribution in [0.5, 0.6) is 0 Å². The average Bonchev–Trinajstić information content (AvgIpc) is 3.34. The molecule has 10 heteroatoms. The molecular formula is C58H113NO9. The highest BCUT2D eigenvalue weighted by molar-refractivity contribution is 5.80. The number of nitrogens with one attached hydrogen (secondary N) is 1. The van der Waals surface area contributed by atoms with Gasteiger partial charge < -0.3 is 45.4 Å². The smallest absolute Gasteiger partial charge is 0.249 e. The Hall–Kier alpha value is -1.11. The van der Waals surface area contributed by atoms with Gasteiger partial charge in [-0.15, -0.1) is 0 Å². The standard InChI is InChI=1S/C58H113NO9/c1-3-5-7-9-11-13-15-17-19-21-22-23-24-25-26-27-28-29-31-33-35-37-39-41-43-45-47-52(62)57(66)59-50(49-67-58-56(65)55(64)54(63)53(48-60)68-58)51(61)46-44-42-40-38-36-34-32-30-20-18-16-14-12-10-8-6-4-2/h44,46,50-56,58,60-65H,3-43,45,47-49H2,1-2H3,(H,59,66)/b46-44+. The second-order valence-corrected chi connectivity index (χ2v) is 20.9. The van der Waals surface area contributed by atoms with E-state index in [1.54, 1.807) is 6.08 Å². The highest BCUT2D eigenvalue weighted by Crippen LogP contribution is 2.23. The highest BCUT2D eigenvalue weighted by atomic mass is 16.7. The van der Waals surface area contributed by atoms with Crippen molar-refractivity contribution in [2.75, 3.05) is 13.2 Å². The summed E-state index contributed by atoms with van der Waals surface area (Å²) in [5.41, 5.74) is 0. The van der Waals surface area contributed by atoms with Crippen molar-refractivity contribution in [2.45, 2.75) is 339 Å². The number of aliphatic hydroxyl groups is 6. The number of carbonyl (C=O) groups excluding carboxylic acids is 1. The summed E-state index contributed by atoms with van der Waals surface area (Å²) in [5.74, 6) is -0.609. The first-order chi connectivity index (χ1) is 33.3. The van der Waals surface area contributed by atoms with Crippen molar-refractivity contribution in [3.63, 3.8) is 0 Å². The van der Waals surface area contributed by atoms with Gasteiger partial charge in [-0.1, -0.05) is 283 Å². The summed E-state index contributed by atoms with van der Waals surface area (Å²) in [6.45, 7) is 3.66. The molecule has 10 nitrogen and oxygen atoms in total. The molecule has 1 fully saturated rings. The van der Waals surface area contributed by atoms with Gasteiger partial charge in [-0.3, -0.25) is 4.79 Å². The lowest BCUT2D eigenvalue weighted by atomic mass is 9.99. The van der Waals surface area contributed by atoms with E-state index in [9.17, 15) is 35.4 Å². The Bertz CT molecular complexity index is 1090. The van der Waals surface area contributed by atoms with E-state index in [1.807, 2.05) is 6.08 Å². The van der Waals surface area contributed by atoms with Gasteiger partial charge in [-0.25, -0.2) is 0 Å². The van der Waals surface area contributed by atoms with Gasteiger partial charge in [0.1, 0.15) is 30.5 Å². The van der Waals surface area contributed by atoms with Gasteiger partial charge >= 0.3 is 0 Å². The van der Waals surface area contributed by atoms with Gasteiger partial charge in [0.05, 0.1) is 25.4 Å². The molecule has 0 aromatic heterocycles. The normalized spacial score (nSPS) is 20.0. The molecule has 68 heavy (non-hydrogen) atoms. The van der Waals surface area contributed by atoms with E-state index in [0.717, 1.165) is 44.9 Å². The number of aliphatic hydroxyl groups excluding tert-OH is 6. The molecule has 404 valence electrons. The quantitative estimate of drug-likeness (QED) is 0.0232. The van der Waals surface area contributed by atoms with Crippen molar-refractivity contribution >= 4 is 5.91 Å². The number of rotatable bonds is 51. The molecule has 0 aromatic rings. The molecule has 1 heterocycles. The minimum atomic E-state index is -1.61. The van der Waals surface area contributed by atoms with Crippen LogP contribution in [0, 0.1) is 0 Å². The third kappa shape index (κ3) is 36.8. The Morgan fingerprint density at radius 1 is 0.500 bits per heavy atom. The first-order valence-corrected chi connectivity index (χ1v) is 29.5. The topological polar surface area (TPSA) is 169 Å². The van der Waals surface area contributed by atoms with Crippen LogP contribution in [0.1, 0.15) is 290 Å². The summed E-state index contributed by atoms with van der Waals surface area (Å²) in [4.78, 5) is 13.1. The maximum absolute atomic E-state index is 13.1. The summed E-state index contributed by atoms with van der Waals surface area (Å²) in [5, 5.41) is 65.1. The second kappa shape index (κ2) is 48.2. The van der Waals surface area contributed by atoms with Crippen LogP contribution >= 0.6 is 0 Å². The van der Waals surface area contributed by atoms with Crippen molar-refractivity contribution < 1.29 is 44.9 Å². The molecule has 0 aliphatic carbocycles. The minimum absolute atomic E-state index is 0.300. The Morgan fingerprint density at radius 3 is 1.19 bits per heavy atom. The van der Waals surface area contributed by atoms with Crippen LogP contribution in [0.3, 0.4) is 0 Å². The van der Waals surface area contributed by atoms with Crippen molar-refractivity contribution in [3.8, 4) is 0 Å². The third-order valence-electron chi connectivity index (χ3n) is 14.5. The predicted octanol–water partition coefficient (Wildman–Crippen LogP) is 13.4. The number of carbonyl (C=O) groups is 1. The fourth-order valence-corrected chi connectivity index (χ4v) is 9.70. The molecule has 1 aliphatic rings. The number of allylic oxidation sites excluding steroid dienone is 1. The molecule has 1 aliphatic heterocycles. The summed E-state index contributed by atoms with van der Waals surface area (Å²) >= 11 is 0. The lowest BCUT2D eigenvalue weighted by Crippen LogP contribution is -2.60. The Morgan fingerprint density at radius 2 is 0.838 bits per heavy atom. The van der Waals surface area contributed by atoms with Crippen molar-refractivity contribution in [1.82, 2.24) is 5.32 Å². The van der Waals surface area contributed by atoms with Gasteiger partial charge in [-0.2, -0.15) is 0 Å². The molecular weight excluding hydrogens is 855 g/mol. The Kier molecular flexibility index (Phi) is 46.0. The van der Waals surface area contributed by atoms with Crippen molar-refractivity contribution in [2.24, 2.45) is 0 Å². The first kappa shape index (κ1) is 64.9. The van der Waals surface area contributed by atoms with E-state index in [4.69, 9.17) is 9.47 Å². The lowest BCUT2D eigenvalue weighted by Gasteiger charge is -2.40. The van der Waals surface area contributed by atoms with Gasteiger partial charge in [0, 0.05) is 0 Å². The number of ether oxygens (including phenoxy) is 2. The van der Waals surface area contributed by atoms with Crippen LogP contribution in [-0.4, -0.2) is 98.7 Å². The van der Waals surface area contributed by atoms with Crippen LogP contribution < -0.4 is 5.32 Å². The fraction of sp³-hybridized carbons (Fsp3) is 0.948. The molecule has 1 saturated heterocycles. The molecule has 1 rings (SSSR count). The largest absolute Gasteiger partial charge is 0.394 e. The number of hydrogen-bond donors (Lipinski definition) is 7. The minimum Gasteiger partial charge on any atom is -0.394 e. The number of amides is 1. The van der Waals surface area contributed by atoms with Gasteiger partial charge in [0.15, 0.2) is 6.29 Å². The highest BCUT2D eigenvalue weighted by Gasteiger charge is 2.44. The van der Waals surface area contributed by atoms with E-state index >= 15 is 0 Å². The fourth-order valence-electron chi connectivity index (χ4n) is 9.70. The zero-order valence-electron chi connectivity index (χ0n) is 44.5. The maximum Gasteiger partial charge on any atom is 0.249 e. The van der Waals surface area contributed by atoms with E-state index < -0.39 is 61.5 Å². The molecule has 0 bridgehead atoms. The maximum atomic E-state index is 13.1. The van der Waals surface area contributed by atoms with Crippen LogP contribution in [0.25, 0.3) is 0 Å². The Labute approximate surface area is 419 Å². The first-order valence-electron chi connectivity index (χ1n) is 29.5.